The second-order valence-electron chi connectivity index (χ2n) is 5.88. The topological polar surface area (TPSA) is 58.4 Å². The Labute approximate surface area is 143 Å². The van der Waals surface area contributed by atoms with Crippen molar-refractivity contribution in [1.82, 2.24) is 15.4 Å². The Bertz CT molecular complexity index is 536. The van der Waals surface area contributed by atoms with Crippen LogP contribution in [0.4, 0.5) is 13.2 Å². The third-order valence-electron chi connectivity index (χ3n) is 3.80. The summed E-state index contributed by atoms with van der Waals surface area (Å²) in [5, 5.41) is 6.48. The standard InChI is InChI=1S/C15H22F3N3O2S/c1-2-24-9-12-6-13(20-23-12)14(22)19-7-11-4-3-5-21(8-11)10-15(16,17)18/h6,11H,2-5,7-10H2,1H3,(H,19,22). The van der Waals surface area contributed by atoms with Gasteiger partial charge in [0, 0.05) is 19.2 Å². The summed E-state index contributed by atoms with van der Waals surface area (Å²) < 4.78 is 42.5. The maximum Gasteiger partial charge on any atom is 0.401 e. The number of carbonyl (C=O) groups excluding carboxylic acids is 1. The molecule has 24 heavy (non-hydrogen) atoms. The van der Waals surface area contributed by atoms with Gasteiger partial charge in [-0.15, -0.1) is 0 Å². The van der Waals surface area contributed by atoms with Crippen LogP contribution in [0.15, 0.2) is 10.6 Å². The summed E-state index contributed by atoms with van der Waals surface area (Å²) in [5.41, 5.74) is 0.213. The molecular formula is C15H22F3N3O2S. The summed E-state index contributed by atoms with van der Waals surface area (Å²) in [7, 11) is 0. The third kappa shape index (κ3) is 6.35. The van der Waals surface area contributed by atoms with Gasteiger partial charge in [0.25, 0.3) is 5.91 Å². The van der Waals surface area contributed by atoms with Crippen LogP contribution in [0.25, 0.3) is 0 Å². The van der Waals surface area contributed by atoms with E-state index in [0.29, 0.717) is 37.6 Å². The van der Waals surface area contributed by atoms with Crippen LogP contribution in [-0.4, -0.2) is 54.1 Å². The molecule has 0 aromatic carbocycles. The molecule has 1 amide bonds. The number of hydrogen-bond donors (Lipinski definition) is 1. The highest BCUT2D eigenvalue weighted by atomic mass is 32.2. The fourth-order valence-corrected chi connectivity index (χ4v) is 3.27. The van der Waals surface area contributed by atoms with Crippen LogP contribution >= 0.6 is 11.8 Å². The molecule has 1 aromatic heterocycles. The zero-order chi connectivity index (χ0) is 17.6. The van der Waals surface area contributed by atoms with Crippen LogP contribution in [0.1, 0.15) is 36.0 Å². The molecule has 1 N–H and O–H groups in total. The lowest BCUT2D eigenvalue weighted by Gasteiger charge is -2.33. The molecule has 136 valence electrons. The van der Waals surface area contributed by atoms with Gasteiger partial charge >= 0.3 is 6.18 Å². The maximum absolute atomic E-state index is 12.5. The number of hydrogen-bond acceptors (Lipinski definition) is 5. The molecule has 9 heteroatoms. The highest BCUT2D eigenvalue weighted by molar-refractivity contribution is 7.98. The van der Waals surface area contributed by atoms with E-state index in [-0.39, 0.29) is 17.5 Å². The van der Waals surface area contributed by atoms with E-state index in [4.69, 9.17) is 4.52 Å². The lowest BCUT2D eigenvalue weighted by Crippen LogP contribution is -2.44. The van der Waals surface area contributed by atoms with Gasteiger partial charge in [-0.25, -0.2) is 0 Å². The van der Waals surface area contributed by atoms with Crippen molar-refractivity contribution >= 4 is 17.7 Å². The van der Waals surface area contributed by atoms with Crippen molar-refractivity contribution in [2.45, 2.75) is 31.7 Å². The summed E-state index contributed by atoms with van der Waals surface area (Å²) in [5.74, 6) is 1.91. The maximum atomic E-state index is 12.5. The van der Waals surface area contributed by atoms with E-state index >= 15 is 0 Å². The van der Waals surface area contributed by atoms with Gasteiger partial charge in [0.05, 0.1) is 12.3 Å². The number of halogens is 3. The Morgan fingerprint density at radius 2 is 2.33 bits per heavy atom. The molecule has 5 nitrogen and oxygen atoms in total. The SMILES string of the molecule is CCSCc1cc(C(=O)NCC2CCCN(CC(F)(F)F)C2)no1. The molecule has 1 aliphatic heterocycles. The van der Waals surface area contributed by atoms with Gasteiger partial charge in [0.2, 0.25) is 0 Å². The molecule has 2 heterocycles. The van der Waals surface area contributed by atoms with Gasteiger partial charge in [-0.05, 0) is 31.1 Å². The first-order valence-electron chi connectivity index (χ1n) is 7.98. The number of likely N-dealkylation sites (tertiary alicyclic amines) is 1. The second kappa shape index (κ2) is 8.75. The normalized spacial score (nSPS) is 19.4. The molecule has 1 atom stereocenters. The molecule has 0 spiro atoms. The lowest BCUT2D eigenvalue weighted by atomic mass is 9.98. The molecule has 0 saturated carbocycles. The van der Waals surface area contributed by atoms with Crippen molar-refractivity contribution in [3.8, 4) is 0 Å². The van der Waals surface area contributed by atoms with Crippen molar-refractivity contribution in [2.24, 2.45) is 5.92 Å². The van der Waals surface area contributed by atoms with E-state index in [1.54, 1.807) is 17.8 Å². The molecule has 2 rings (SSSR count). The smallest absolute Gasteiger partial charge is 0.360 e. The zero-order valence-corrected chi connectivity index (χ0v) is 14.4. The van der Waals surface area contributed by atoms with Crippen LogP contribution in [-0.2, 0) is 5.75 Å². The number of rotatable bonds is 7. The quantitative estimate of drug-likeness (QED) is 0.805. The average molecular weight is 365 g/mol. The molecule has 1 aromatic rings. The van der Waals surface area contributed by atoms with Crippen molar-refractivity contribution < 1.29 is 22.5 Å². The van der Waals surface area contributed by atoms with Crippen LogP contribution in [0.3, 0.4) is 0 Å². The number of nitrogens with zero attached hydrogens (tertiary/aromatic N) is 2. The molecule has 1 saturated heterocycles. The monoisotopic (exact) mass is 365 g/mol. The first-order valence-corrected chi connectivity index (χ1v) is 9.13. The number of alkyl halides is 3. The molecule has 1 aliphatic rings. The van der Waals surface area contributed by atoms with E-state index in [2.05, 4.69) is 10.5 Å². The highest BCUT2D eigenvalue weighted by Crippen LogP contribution is 2.22. The van der Waals surface area contributed by atoms with Gasteiger partial charge in [-0.3, -0.25) is 9.69 Å². The number of thioether (sulfide) groups is 1. The van der Waals surface area contributed by atoms with Crippen molar-refractivity contribution in [2.75, 3.05) is 31.9 Å². The third-order valence-corrected chi connectivity index (χ3v) is 4.69. The minimum absolute atomic E-state index is 0.0204. The van der Waals surface area contributed by atoms with Crippen molar-refractivity contribution in [3.63, 3.8) is 0 Å². The van der Waals surface area contributed by atoms with Crippen molar-refractivity contribution in [1.29, 1.82) is 0 Å². The molecule has 1 unspecified atom stereocenters. The first-order chi connectivity index (χ1) is 11.4. The molecule has 1 fully saturated rings. The molecule has 0 radical (unpaired) electrons. The summed E-state index contributed by atoms with van der Waals surface area (Å²) in [6.45, 7) is 2.28. The zero-order valence-electron chi connectivity index (χ0n) is 13.6. The van der Waals surface area contributed by atoms with E-state index in [9.17, 15) is 18.0 Å². The van der Waals surface area contributed by atoms with Crippen LogP contribution in [0.2, 0.25) is 0 Å². The fraction of sp³-hybridized carbons (Fsp3) is 0.733. The van der Waals surface area contributed by atoms with Gasteiger partial charge in [0.1, 0.15) is 5.76 Å². The van der Waals surface area contributed by atoms with Crippen molar-refractivity contribution in [3.05, 3.63) is 17.5 Å². The van der Waals surface area contributed by atoms with Crippen LogP contribution < -0.4 is 5.32 Å². The number of carbonyl (C=O) groups is 1. The lowest BCUT2D eigenvalue weighted by molar-refractivity contribution is -0.149. The first kappa shape index (κ1) is 19.1. The Balaban J connectivity index is 1.77. The average Bonchev–Trinajstić information content (AvgIpc) is 2.98. The largest absolute Gasteiger partial charge is 0.401 e. The number of aromatic nitrogens is 1. The van der Waals surface area contributed by atoms with E-state index in [1.165, 1.54) is 4.90 Å². The number of piperidine rings is 1. The summed E-state index contributed by atoms with van der Waals surface area (Å²) in [6.07, 6.45) is -2.66. The summed E-state index contributed by atoms with van der Waals surface area (Å²) >= 11 is 1.66. The molecule has 0 bridgehead atoms. The minimum atomic E-state index is -4.18. The molecule has 0 aliphatic carbocycles. The predicted octanol–water partition coefficient (Wildman–Crippen LogP) is 2.93. The van der Waals surface area contributed by atoms with Gasteiger partial charge in [-0.2, -0.15) is 24.9 Å². The Kier molecular flexibility index (Phi) is 6.97. The fourth-order valence-electron chi connectivity index (χ4n) is 2.73. The Morgan fingerprint density at radius 1 is 1.54 bits per heavy atom. The Hall–Kier alpha value is -1.22. The molecular weight excluding hydrogens is 343 g/mol. The van der Waals surface area contributed by atoms with Gasteiger partial charge in [-0.1, -0.05) is 12.1 Å². The summed E-state index contributed by atoms with van der Waals surface area (Å²) in [4.78, 5) is 13.5. The predicted molar refractivity (Wildman–Crippen MR) is 85.9 cm³/mol. The number of nitrogens with one attached hydrogen (secondary N) is 1. The Morgan fingerprint density at radius 3 is 3.04 bits per heavy atom. The van der Waals surface area contributed by atoms with Gasteiger partial charge in [0.15, 0.2) is 5.69 Å². The summed E-state index contributed by atoms with van der Waals surface area (Å²) in [6, 6.07) is 1.61. The van der Waals surface area contributed by atoms with Crippen LogP contribution in [0.5, 0.6) is 0 Å². The van der Waals surface area contributed by atoms with E-state index < -0.39 is 12.7 Å². The van der Waals surface area contributed by atoms with E-state index in [0.717, 1.165) is 12.2 Å². The van der Waals surface area contributed by atoms with Gasteiger partial charge < -0.3 is 9.84 Å². The van der Waals surface area contributed by atoms with E-state index in [1.807, 2.05) is 6.92 Å². The van der Waals surface area contributed by atoms with Crippen LogP contribution in [0, 0.1) is 5.92 Å². The number of amides is 1. The highest BCUT2D eigenvalue weighted by Gasteiger charge is 2.33. The second-order valence-corrected chi connectivity index (χ2v) is 7.16. The minimum Gasteiger partial charge on any atom is -0.360 e.